The third-order valence-corrected chi connectivity index (χ3v) is 9.70. The van der Waals surface area contributed by atoms with Gasteiger partial charge in [0.05, 0.1) is 33.0 Å². The van der Waals surface area contributed by atoms with Gasteiger partial charge in [-0.2, -0.15) is 0 Å². The van der Waals surface area contributed by atoms with Gasteiger partial charge in [-0.05, 0) is 39.0 Å². The van der Waals surface area contributed by atoms with Crippen LogP contribution in [0.3, 0.4) is 0 Å². The van der Waals surface area contributed by atoms with Gasteiger partial charge in [-0.25, -0.2) is 4.79 Å². The van der Waals surface area contributed by atoms with E-state index in [-0.39, 0.29) is 12.0 Å². The van der Waals surface area contributed by atoms with Gasteiger partial charge in [-0.1, -0.05) is 142 Å². The molecular weight excluding hydrogens is 587 g/mol. The second kappa shape index (κ2) is 29.4. The molecule has 0 aromatic rings. The molecule has 0 saturated carbocycles. The van der Waals surface area contributed by atoms with Crippen LogP contribution in [0.4, 0.5) is 0 Å². The number of unbranched alkanes of at least 4 members (excludes halogenated alkanes) is 15. The molecular formula is C37H72O7P+. The Morgan fingerprint density at radius 2 is 0.800 bits per heavy atom. The standard InChI is InChI=1S/C37H72O7P/c1-8-13-18-23-28-40-36(41-29-24-19-14-9-2,42-30-25-20-15-10-3)33-37(43-31-26-21-16-11-4,44-32-27-22-17-12-5)45(39)35(38)34(6)7/h6,8-33H2,1-5,7H3/q+1. The summed E-state index contributed by atoms with van der Waals surface area (Å²) in [5.74, 6) is -1.54. The summed E-state index contributed by atoms with van der Waals surface area (Å²) in [5.41, 5.74) is -2.08. The quantitative estimate of drug-likeness (QED) is 0.0290. The van der Waals surface area contributed by atoms with E-state index in [2.05, 4.69) is 41.2 Å². The van der Waals surface area contributed by atoms with E-state index in [1.165, 1.54) is 0 Å². The smallest absolute Gasteiger partial charge is 0.327 e. The van der Waals surface area contributed by atoms with Gasteiger partial charge in [0, 0.05) is 5.57 Å². The molecule has 0 fully saturated rings. The highest BCUT2D eigenvalue weighted by molar-refractivity contribution is 7.65. The van der Waals surface area contributed by atoms with Crippen molar-refractivity contribution in [2.24, 2.45) is 0 Å². The molecule has 0 N–H and O–H groups in total. The van der Waals surface area contributed by atoms with Crippen LogP contribution in [0.15, 0.2) is 12.2 Å². The Morgan fingerprint density at radius 1 is 0.511 bits per heavy atom. The zero-order valence-corrected chi connectivity index (χ0v) is 31.3. The van der Waals surface area contributed by atoms with Crippen LogP contribution in [-0.2, 0) is 33.0 Å². The molecule has 0 saturated heterocycles. The molecule has 0 aliphatic rings. The van der Waals surface area contributed by atoms with Crippen molar-refractivity contribution < 1.29 is 33.0 Å². The topological polar surface area (TPSA) is 80.3 Å². The molecule has 0 radical (unpaired) electrons. The number of rotatable bonds is 35. The molecule has 1 atom stereocenters. The molecule has 0 amide bonds. The lowest BCUT2D eigenvalue weighted by Crippen LogP contribution is -2.49. The fraction of sp³-hybridized carbons (Fsp3) is 0.919. The van der Waals surface area contributed by atoms with Gasteiger partial charge in [0.1, 0.15) is 6.42 Å². The van der Waals surface area contributed by atoms with Crippen LogP contribution in [-0.4, -0.2) is 50.1 Å². The zero-order valence-electron chi connectivity index (χ0n) is 30.4. The monoisotopic (exact) mass is 660 g/mol. The predicted molar refractivity (Wildman–Crippen MR) is 188 cm³/mol. The highest BCUT2D eigenvalue weighted by atomic mass is 31.1. The summed E-state index contributed by atoms with van der Waals surface area (Å²) in [5, 5.41) is 0. The molecule has 7 nitrogen and oxygen atoms in total. The summed E-state index contributed by atoms with van der Waals surface area (Å²) in [6.07, 6.45) is 20.2. The number of carbonyl (C=O) groups is 1. The lowest BCUT2D eigenvalue weighted by molar-refractivity contribution is -0.404. The average Bonchev–Trinajstić information content (AvgIpc) is 3.03. The maximum Gasteiger partial charge on any atom is 0.486 e. The minimum atomic E-state index is -2.69. The molecule has 1 unspecified atom stereocenters. The second-order valence-corrected chi connectivity index (χ2v) is 14.2. The number of ether oxygens (including phenoxy) is 5. The SMILES string of the molecule is C=C(C)C(=O)[P+](=O)C(CC(OCCCCCC)(OCCCCCC)OCCCCCC)(OCCCCCC)OCCCCCC. The van der Waals surface area contributed by atoms with Crippen LogP contribution in [0.1, 0.15) is 176 Å². The van der Waals surface area contributed by atoms with Crippen LogP contribution in [0, 0.1) is 0 Å². The Kier molecular flexibility index (Phi) is 29.0. The molecule has 45 heavy (non-hydrogen) atoms. The Balaban J connectivity index is 6.61. The molecule has 0 rings (SSSR count). The third-order valence-electron chi connectivity index (χ3n) is 7.91. The summed E-state index contributed by atoms with van der Waals surface area (Å²) in [6.45, 7) is 18.2. The molecule has 0 aromatic heterocycles. The first-order valence-electron chi connectivity index (χ1n) is 18.6. The molecule has 0 spiro atoms. The summed E-state index contributed by atoms with van der Waals surface area (Å²) in [4.78, 5) is 13.4. The first-order valence-corrected chi connectivity index (χ1v) is 19.9. The third kappa shape index (κ3) is 21.0. The minimum Gasteiger partial charge on any atom is -0.327 e. The van der Waals surface area contributed by atoms with Crippen molar-refractivity contribution in [1.82, 2.24) is 0 Å². The van der Waals surface area contributed by atoms with Crippen LogP contribution >= 0.6 is 7.80 Å². The maximum atomic E-state index is 14.3. The van der Waals surface area contributed by atoms with Crippen LogP contribution < -0.4 is 0 Å². The minimum absolute atomic E-state index is 0.106. The van der Waals surface area contributed by atoms with Crippen LogP contribution in [0.5, 0.6) is 0 Å². The van der Waals surface area contributed by atoms with E-state index in [1.54, 1.807) is 6.92 Å². The number of hydrogen-bond acceptors (Lipinski definition) is 7. The second-order valence-electron chi connectivity index (χ2n) is 12.5. The van der Waals surface area contributed by atoms with Crippen molar-refractivity contribution in [3.05, 3.63) is 12.2 Å². The van der Waals surface area contributed by atoms with E-state index in [9.17, 15) is 9.36 Å². The van der Waals surface area contributed by atoms with Gasteiger partial charge in [0.2, 0.25) is 0 Å². The van der Waals surface area contributed by atoms with Gasteiger partial charge in [0.25, 0.3) is 5.97 Å². The highest BCUT2D eigenvalue weighted by Crippen LogP contribution is 2.50. The van der Waals surface area contributed by atoms with E-state index in [0.717, 1.165) is 128 Å². The molecule has 0 aromatic carbocycles. The lowest BCUT2D eigenvalue weighted by Gasteiger charge is -2.37. The Morgan fingerprint density at radius 3 is 1.07 bits per heavy atom. The van der Waals surface area contributed by atoms with Crippen LogP contribution in [0.2, 0.25) is 0 Å². The Bertz CT molecular complexity index is 692. The van der Waals surface area contributed by atoms with E-state index in [0.29, 0.717) is 33.0 Å². The fourth-order valence-electron chi connectivity index (χ4n) is 5.00. The number of hydrogen-bond donors (Lipinski definition) is 0. The van der Waals surface area contributed by atoms with Crippen molar-refractivity contribution in [3.63, 3.8) is 0 Å². The van der Waals surface area contributed by atoms with Gasteiger partial charge in [-0.3, -0.25) is 0 Å². The molecule has 0 aliphatic heterocycles. The van der Waals surface area contributed by atoms with Crippen LogP contribution in [0.25, 0.3) is 0 Å². The predicted octanol–water partition coefficient (Wildman–Crippen LogP) is 11.6. The van der Waals surface area contributed by atoms with Gasteiger partial charge < -0.3 is 23.7 Å². The van der Waals surface area contributed by atoms with Crippen molar-refractivity contribution in [2.45, 2.75) is 188 Å². The van der Waals surface area contributed by atoms with Crippen molar-refractivity contribution in [3.8, 4) is 0 Å². The molecule has 0 bridgehead atoms. The van der Waals surface area contributed by atoms with Gasteiger partial charge in [-0.15, -0.1) is 0 Å². The molecule has 8 heteroatoms. The maximum absolute atomic E-state index is 14.3. The summed E-state index contributed by atoms with van der Waals surface area (Å²) < 4.78 is 47.0. The van der Waals surface area contributed by atoms with Crippen molar-refractivity contribution >= 4 is 13.3 Å². The summed E-state index contributed by atoms with van der Waals surface area (Å²) >= 11 is 0. The fourth-order valence-corrected chi connectivity index (χ4v) is 6.41. The average molecular weight is 660 g/mol. The first-order chi connectivity index (χ1) is 21.8. The number of allylic oxidation sites excluding steroid dienone is 1. The van der Waals surface area contributed by atoms with Gasteiger partial charge >= 0.3 is 18.9 Å². The van der Waals surface area contributed by atoms with Crippen molar-refractivity contribution in [2.75, 3.05) is 33.0 Å². The zero-order chi connectivity index (χ0) is 33.7. The van der Waals surface area contributed by atoms with E-state index in [1.807, 2.05) is 0 Å². The Hall–Kier alpha value is -0.690. The van der Waals surface area contributed by atoms with E-state index in [4.69, 9.17) is 23.7 Å². The summed E-state index contributed by atoms with van der Waals surface area (Å²) in [7, 11) is -2.69. The highest BCUT2D eigenvalue weighted by Gasteiger charge is 2.63. The van der Waals surface area contributed by atoms with Crippen molar-refractivity contribution in [1.29, 1.82) is 0 Å². The Labute approximate surface area is 279 Å². The first kappa shape index (κ1) is 44.3. The molecule has 0 aliphatic carbocycles. The molecule has 0 heterocycles. The summed E-state index contributed by atoms with van der Waals surface area (Å²) in [6, 6.07) is 0. The lowest BCUT2D eigenvalue weighted by atomic mass is 10.2. The number of carbonyl (C=O) groups excluding carboxylic acids is 1. The van der Waals surface area contributed by atoms with Gasteiger partial charge in [0.15, 0.2) is 0 Å². The largest absolute Gasteiger partial charge is 0.486 e. The normalized spacial score (nSPS) is 12.5. The molecule has 266 valence electrons. The van der Waals surface area contributed by atoms with E-state index >= 15 is 0 Å². The van der Waals surface area contributed by atoms with E-state index < -0.39 is 24.8 Å².